The SMILES string of the molecule is Cc1ccc(C(CC(=O)N2CCCCC2)c2cn(C)c3ccccc23)cc1. The molecule has 0 bridgehead atoms. The number of amides is 1. The van der Waals surface area contributed by atoms with Crippen molar-refractivity contribution < 1.29 is 4.79 Å². The Kier molecular flexibility index (Phi) is 5.02. The molecule has 27 heavy (non-hydrogen) atoms. The number of para-hydroxylation sites is 1. The van der Waals surface area contributed by atoms with Crippen molar-refractivity contribution in [3.8, 4) is 0 Å². The molecule has 0 radical (unpaired) electrons. The van der Waals surface area contributed by atoms with Crippen LogP contribution in [0, 0.1) is 6.92 Å². The minimum Gasteiger partial charge on any atom is -0.350 e. The molecule has 0 aliphatic carbocycles. The molecule has 0 saturated carbocycles. The van der Waals surface area contributed by atoms with Crippen molar-refractivity contribution in [2.75, 3.05) is 13.1 Å². The Hall–Kier alpha value is -2.55. The summed E-state index contributed by atoms with van der Waals surface area (Å²) in [5, 5.41) is 1.25. The maximum absolute atomic E-state index is 13.1. The van der Waals surface area contributed by atoms with E-state index in [1.807, 2.05) is 0 Å². The molecule has 0 N–H and O–H groups in total. The lowest BCUT2D eigenvalue weighted by Gasteiger charge is -2.28. The molecule has 1 atom stereocenters. The van der Waals surface area contributed by atoms with Crippen molar-refractivity contribution in [3.63, 3.8) is 0 Å². The van der Waals surface area contributed by atoms with Crippen molar-refractivity contribution in [2.24, 2.45) is 7.05 Å². The van der Waals surface area contributed by atoms with Gasteiger partial charge in [0.15, 0.2) is 0 Å². The van der Waals surface area contributed by atoms with Crippen LogP contribution in [0.15, 0.2) is 54.7 Å². The monoisotopic (exact) mass is 360 g/mol. The van der Waals surface area contributed by atoms with Gasteiger partial charge < -0.3 is 9.47 Å². The van der Waals surface area contributed by atoms with Gasteiger partial charge in [0.05, 0.1) is 0 Å². The normalized spacial score (nSPS) is 15.9. The molecule has 0 spiro atoms. The fourth-order valence-corrected chi connectivity index (χ4v) is 4.30. The predicted molar refractivity (Wildman–Crippen MR) is 111 cm³/mol. The van der Waals surface area contributed by atoms with Crippen molar-refractivity contribution in [1.82, 2.24) is 9.47 Å². The zero-order valence-electron chi connectivity index (χ0n) is 16.3. The van der Waals surface area contributed by atoms with Crippen molar-refractivity contribution in [1.29, 1.82) is 0 Å². The third-order valence-corrected chi connectivity index (χ3v) is 5.87. The highest BCUT2D eigenvalue weighted by Crippen LogP contribution is 2.35. The second-order valence-electron chi connectivity index (χ2n) is 7.82. The zero-order chi connectivity index (χ0) is 18.8. The van der Waals surface area contributed by atoms with Crippen LogP contribution in [0.5, 0.6) is 0 Å². The van der Waals surface area contributed by atoms with E-state index in [9.17, 15) is 4.79 Å². The molecule has 2 heterocycles. The number of hydrogen-bond donors (Lipinski definition) is 0. The first-order valence-electron chi connectivity index (χ1n) is 10.0. The van der Waals surface area contributed by atoms with Crippen molar-refractivity contribution >= 4 is 16.8 Å². The molecule has 1 unspecified atom stereocenters. The molecule has 4 rings (SSSR count). The molecule has 1 fully saturated rings. The van der Waals surface area contributed by atoms with E-state index >= 15 is 0 Å². The van der Waals surface area contributed by atoms with Crippen LogP contribution in [-0.4, -0.2) is 28.5 Å². The van der Waals surface area contributed by atoms with E-state index in [1.165, 1.54) is 34.0 Å². The van der Waals surface area contributed by atoms with Crippen LogP contribution in [0.2, 0.25) is 0 Å². The lowest BCUT2D eigenvalue weighted by molar-refractivity contribution is -0.132. The molecule has 1 amide bonds. The van der Waals surface area contributed by atoms with Gasteiger partial charge in [0.25, 0.3) is 0 Å². The molecule has 3 heteroatoms. The van der Waals surface area contributed by atoms with Gasteiger partial charge in [-0.1, -0.05) is 48.0 Å². The number of likely N-dealkylation sites (tertiary alicyclic amines) is 1. The van der Waals surface area contributed by atoms with E-state index in [1.54, 1.807) is 0 Å². The number of carbonyl (C=O) groups excluding carboxylic acids is 1. The van der Waals surface area contributed by atoms with Gasteiger partial charge in [0.1, 0.15) is 0 Å². The summed E-state index contributed by atoms with van der Waals surface area (Å²) < 4.78 is 2.18. The molecular formula is C24H28N2O. The van der Waals surface area contributed by atoms with Gasteiger partial charge in [-0.2, -0.15) is 0 Å². The number of nitrogens with zero attached hydrogens (tertiary/aromatic N) is 2. The third-order valence-electron chi connectivity index (χ3n) is 5.87. The van der Waals surface area contributed by atoms with Gasteiger partial charge >= 0.3 is 0 Å². The molecule has 2 aromatic carbocycles. The fourth-order valence-electron chi connectivity index (χ4n) is 4.30. The van der Waals surface area contributed by atoms with Gasteiger partial charge in [-0.3, -0.25) is 4.79 Å². The maximum Gasteiger partial charge on any atom is 0.223 e. The van der Waals surface area contributed by atoms with E-state index in [0.717, 1.165) is 25.9 Å². The summed E-state index contributed by atoms with van der Waals surface area (Å²) in [6.45, 7) is 3.93. The van der Waals surface area contributed by atoms with Gasteiger partial charge in [0.2, 0.25) is 5.91 Å². The third kappa shape index (κ3) is 3.64. The van der Waals surface area contributed by atoms with E-state index in [4.69, 9.17) is 0 Å². The van der Waals surface area contributed by atoms with Crippen molar-refractivity contribution in [2.45, 2.75) is 38.5 Å². The zero-order valence-corrected chi connectivity index (χ0v) is 16.3. The van der Waals surface area contributed by atoms with Crippen molar-refractivity contribution in [3.05, 3.63) is 71.4 Å². The summed E-state index contributed by atoms with van der Waals surface area (Å²) >= 11 is 0. The minimum absolute atomic E-state index is 0.0890. The number of rotatable bonds is 4. The van der Waals surface area contributed by atoms with Gasteiger partial charge in [-0.05, 0) is 43.4 Å². The number of fused-ring (bicyclic) bond motifs is 1. The highest BCUT2D eigenvalue weighted by Gasteiger charge is 2.25. The highest BCUT2D eigenvalue weighted by atomic mass is 16.2. The van der Waals surface area contributed by atoms with Gasteiger partial charge in [0, 0.05) is 49.6 Å². The maximum atomic E-state index is 13.1. The number of piperidine rings is 1. The van der Waals surface area contributed by atoms with E-state index in [-0.39, 0.29) is 11.8 Å². The summed E-state index contributed by atoms with van der Waals surface area (Å²) in [6, 6.07) is 17.2. The Bertz CT molecular complexity index is 933. The average Bonchev–Trinajstić information content (AvgIpc) is 3.04. The van der Waals surface area contributed by atoms with Crippen LogP contribution in [-0.2, 0) is 11.8 Å². The predicted octanol–water partition coefficient (Wildman–Crippen LogP) is 5.02. The van der Waals surface area contributed by atoms with Gasteiger partial charge in [-0.15, -0.1) is 0 Å². The quantitative estimate of drug-likeness (QED) is 0.641. The molecule has 3 aromatic rings. The molecule has 1 aromatic heterocycles. The van der Waals surface area contributed by atoms with Crippen LogP contribution >= 0.6 is 0 Å². The number of aromatic nitrogens is 1. The molecule has 3 nitrogen and oxygen atoms in total. The second kappa shape index (κ2) is 7.59. The molecular weight excluding hydrogens is 332 g/mol. The Morgan fingerprint density at radius 1 is 1.00 bits per heavy atom. The lowest BCUT2D eigenvalue weighted by atomic mass is 9.87. The molecule has 1 aliphatic rings. The summed E-state index contributed by atoms with van der Waals surface area (Å²) in [4.78, 5) is 15.1. The summed E-state index contributed by atoms with van der Waals surface area (Å²) in [5.74, 6) is 0.374. The lowest BCUT2D eigenvalue weighted by Crippen LogP contribution is -2.36. The first-order valence-corrected chi connectivity index (χ1v) is 10.0. The molecule has 1 aliphatic heterocycles. The van der Waals surface area contributed by atoms with E-state index < -0.39 is 0 Å². The minimum atomic E-state index is 0.0890. The smallest absolute Gasteiger partial charge is 0.223 e. The van der Waals surface area contributed by atoms with Crippen LogP contribution in [0.4, 0.5) is 0 Å². The largest absolute Gasteiger partial charge is 0.350 e. The van der Waals surface area contributed by atoms with Gasteiger partial charge in [-0.25, -0.2) is 0 Å². The fraction of sp³-hybridized carbons (Fsp3) is 0.375. The number of aryl methyl sites for hydroxylation is 2. The Morgan fingerprint density at radius 3 is 2.44 bits per heavy atom. The molecule has 140 valence electrons. The van der Waals surface area contributed by atoms with E-state index in [0.29, 0.717) is 6.42 Å². The first kappa shape index (κ1) is 17.8. The Labute approximate surface area is 161 Å². The van der Waals surface area contributed by atoms with Crippen LogP contribution < -0.4 is 0 Å². The van der Waals surface area contributed by atoms with Crippen LogP contribution in [0.3, 0.4) is 0 Å². The highest BCUT2D eigenvalue weighted by molar-refractivity contribution is 5.86. The standard InChI is InChI=1S/C24H28N2O/c1-18-10-12-19(13-11-18)21(16-24(27)26-14-6-3-7-15-26)22-17-25(2)23-9-5-4-8-20(22)23/h4-5,8-13,17,21H,3,6-7,14-16H2,1-2H3. The Balaban J connectivity index is 1.73. The first-order chi connectivity index (χ1) is 13.1. The average molecular weight is 361 g/mol. The Morgan fingerprint density at radius 2 is 1.70 bits per heavy atom. The number of carbonyl (C=O) groups is 1. The second-order valence-corrected chi connectivity index (χ2v) is 7.82. The topological polar surface area (TPSA) is 25.2 Å². The van der Waals surface area contributed by atoms with Crippen LogP contribution in [0.1, 0.15) is 48.3 Å². The molecule has 1 saturated heterocycles. The summed E-state index contributed by atoms with van der Waals surface area (Å²) in [6.07, 6.45) is 6.26. The van der Waals surface area contributed by atoms with E-state index in [2.05, 4.69) is 78.2 Å². The van der Waals surface area contributed by atoms with Crippen LogP contribution in [0.25, 0.3) is 10.9 Å². The number of benzene rings is 2. The summed E-state index contributed by atoms with van der Waals surface area (Å²) in [5.41, 5.74) is 4.94. The number of hydrogen-bond acceptors (Lipinski definition) is 1. The summed E-state index contributed by atoms with van der Waals surface area (Å²) in [7, 11) is 2.09.